The van der Waals surface area contributed by atoms with Crippen molar-refractivity contribution >= 4 is 5.97 Å². The quantitative estimate of drug-likeness (QED) is 0.199. The minimum absolute atomic E-state index is 0.0384. The van der Waals surface area contributed by atoms with Gasteiger partial charge in [-0.15, -0.1) is 0 Å². The average molecular weight is 280 g/mol. The molecule has 0 radical (unpaired) electrons. The van der Waals surface area contributed by atoms with E-state index in [1.54, 1.807) is 0 Å². The lowest BCUT2D eigenvalue weighted by atomic mass is 9.82. The second kappa shape index (κ2) is 4.69. The summed E-state index contributed by atoms with van der Waals surface area (Å²) in [6, 6.07) is 0. The third kappa shape index (κ3) is 2.10. The van der Waals surface area contributed by atoms with Gasteiger partial charge in [0.15, 0.2) is 0 Å². The molecule has 1 saturated carbocycles. The van der Waals surface area contributed by atoms with Crippen molar-refractivity contribution in [3.8, 4) is 0 Å². The molecule has 20 heavy (non-hydrogen) atoms. The molecular formula is C15H20O5. The molecule has 0 spiro atoms. The van der Waals surface area contributed by atoms with Gasteiger partial charge in [0, 0.05) is 11.5 Å². The van der Waals surface area contributed by atoms with Crippen LogP contribution in [0.2, 0.25) is 0 Å². The van der Waals surface area contributed by atoms with E-state index >= 15 is 0 Å². The number of hydrogen-bond donors (Lipinski definition) is 1. The number of ether oxygens (including phenoxy) is 2. The van der Waals surface area contributed by atoms with E-state index in [9.17, 15) is 4.79 Å². The fraction of sp³-hybridized carbons (Fsp3) is 0.667. The van der Waals surface area contributed by atoms with Crippen LogP contribution >= 0.6 is 0 Å². The van der Waals surface area contributed by atoms with Crippen LogP contribution in [0.3, 0.4) is 0 Å². The van der Waals surface area contributed by atoms with Crippen molar-refractivity contribution in [1.29, 1.82) is 0 Å². The molecule has 0 aromatic carbocycles. The van der Waals surface area contributed by atoms with Crippen LogP contribution in [0, 0.1) is 5.92 Å². The number of hydrogen-bond acceptors (Lipinski definition) is 5. The lowest BCUT2D eigenvalue weighted by Crippen LogP contribution is -2.31. The minimum Gasteiger partial charge on any atom is -0.455 e. The molecule has 2 saturated heterocycles. The van der Waals surface area contributed by atoms with Gasteiger partial charge in [-0.05, 0) is 38.2 Å². The second-order valence-electron chi connectivity index (χ2n) is 6.18. The van der Waals surface area contributed by atoms with Crippen LogP contribution in [-0.2, 0) is 19.2 Å². The Labute approximate surface area is 118 Å². The number of fused-ring (bicyclic) bond motifs is 3. The van der Waals surface area contributed by atoms with Crippen molar-refractivity contribution in [3.05, 3.63) is 24.3 Å². The van der Waals surface area contributed by atoms with E-state index in [-0.39, 0.29) is 35.8 Å². The molecule has 3 aliphatic rings. The summed E-state index contributed by atoms with van der Waals surface area (Å²) in [6.45, 7) is 9.83. The minimum atomic E-state index is -0.375. The summed E-state index contributed by atoms with van der Waals surface area (Å²) in [7, 11) is 0. The molecule has 1 aliphatic carbocycles. The summed E-state index contributed by atoms with van der Waals surface area (Å²) in [5.74, 6) is -0.360. The molecule has 5 nitrogen and oxygen atoms in total. The van der Waals surface area contributed by atoms with Gasteiger partial charge in [-0.3, -0.25) is 5.26 Å². The Morgan fingerprint density at radius 2 is 2.15 bits per heavy atom. The molecule has 3 rings (SSSR count). The van der Waals surface area contributed by atoms with E-state index < -0.39 is 0 Å². The Bertz CT molecular complexity index is 471. The standard InChI is InChI=1S/C15H20O5/c1-8-4-5-10-9(2)14(16)18-12(10)13-15(3,19-13)7-6-11(8)20-17/h10-13,17H,1-2,4-7H2,3H3/t10-,11+,12-,13+,15+/m0/s1. The van der Waals surface area contributed by atoms with Crippen LogP contribution < -0.4 is 0 Å². The summed E-state index contributed by atoms with van der Waals surface area (Å²) in [6.07, 6.45) is 2.07. The monoisotopic (exact) mass is 280 g/mol. The van der Waals surface area contributed by atoms with Crippen molar-refractivity contribution < 1.29 is 24.4 Å². The number of carbonyl (C=O) groups excluding carboxylic acids is 1. The predicted molar refractivity (Wildman–Crippen MR) is 70.9 cm³/mol. The molecule has 3 fully saturated rings. The highest BCUT2D eigenvalue weighted by molar-refractivity contribution is 5.91. The smallest absolute Gasteiger partial charge is 0.334 e. The van der Waals surface area contributed by atoms with E-state index in [0.717, 1.165) is 12.0 Å². The van der Waals surface area contributed by atoms with Gasteiger partial charge in [0.2, 0.25) is 0 Å². The lowest BCUT2D eigenvalue weighted by molar-refractivity contribution is -0.270. The van der Waals surface area contributed by atoms with Crippen molar-refractivity contribution in [2.24, 2.45) is 5.92 Å². The van der Waals surface area contributed by atoms with Gasteiger partial charge in [-0.25, -0.2) is 9.68 Å². The van der Waals surface area contributed by atoms with E-state index in [1.807, 2.05) is 6.92 Å². The van der Waals surface area contributed by atoms with Crippen molar-refractivity contribution in [1.82, 2.24) is 0 Å². The molecule has 0 unspecified atom stereocenters. The fourth-order valence-electron chi connectivity index (χ4n) is 3.37. The summed E-state index contributed by atoms with van der Waals surface area (Å²) in [4.78, 5) is 16.3. The third-order valence-corrected chi connectivity index (χ3v) is 4.85. The Hall–Kier alpha value is -1.17. The Kier molecular flexibility index (Phi) is 3.23. The van der Waals surface area contributed by atoms with E-state index in [1.165, 1.54) is 0 Å². The molecule has 110 valence electrons. The molecular weight excluding hydrogens is 260 g/mol. The SMILES string of the molecule is C=C1CC[C@H]2C(=C)C(=O)O[C@@H]2[C@H]2O[C@]2(C)CC[C@H]1OO. The number of rotatable bonds is 1. The average Bonchev–Trinajstić information content (AvgIpc) is 3.00. The zero-order valence-electron chi connectivity index (χ0n) is 11.6. The first-order valence-electron chi connectivity index (χ1n) is 7.02. The van der Waals surface area contributed by atoms with Crippen LogP contribution in [0.15, 0.2) is 24.3 Å². The second-order valence-corrected chi connectivity index (χ2v) is 6.18. The molecule has 0 aromatic rings. The molecule has 2 heterocycles. The van der Waals surface area contributed by atoms with Gasteiger partial charge in [0.05, 0.1) is 5.60 Å². The number of carbonyl (C=O) groups is 1. The van der Waals surface area contributed by atoms with Crippen LogP contribution in [-0.4, -0.2) is 35.1 Å². The normalized spacial score (nSPS) is 44.6. The topological polar surface area (TPSA) is 68.3 Å². The Balaban J connectivity index is 1.84. The van der Waals surface area contributed by atoms with Gasteiger partial charge < -0.3 is 9.47 Å². The maximum absolute atomic E-state index is 11.7. The van der Waals surface area contributed by atoms with Crippen LogP contribution in [0.25, 0.3) is 0 Å². The van der Waals surface area contributed by atoms with Gasteiger partial charge >= 0.3 is 5.97 Å². The summed E-state index contributed by atoms with van der Waals surface area (Å²) in [5, 5.41) is 9.01. The summed E-state index contributed by atoms with van der Waals surface area (Å²) < 4.78 is 11.2. The largest absolute Gasteiger partial charge is 0.455 e. The van der Waals surface area contributed by atoms with E-state index in [4.69, 9.17) is 14.7 Å². The van der Waals surface area contributed by atoms with Crippen LogP contribution in [0.4, 0.5) is 0 Å². The number of esters is 1. The predicted octanol–water partition coefficient (Wildman–Crippen LogP) is 2.23. The van der Waals surface area contributed by atoms with Crippen LogP contribution in [0.5, 0.6) is 0 Å². The summed E-state index contributed by atoms with van der Waals surface area (Å²) in [5.41, 5.74) is 1.03. The zero-order chi connectivity index (χ0) is 14.5. The van der Waals surface area contributed by atoms with Crippen molar-refractivity contribution in [3.63, 3.8) is 0 Å². The molecule has 1 N–H and O–H groups in total. The first kappa shape index (κ1) is 13.8. The first-order chi connectivity index (χ1) is 9.46. The highest BCUT2D eigenvalue weighted by atomic mass is 17.1. The zero-order valence-corrected chi connectivity index (χ0v) is 11.6. The van der Waals surface area contributed by atoms with Crippen LogP contribution in [0.1, 0.15) is 32.6 Å². The Morgan fingerprint density at radius 3 is 2.85 bits per heavy atom. The molecule has 0 amide bonds. The van der Waals surface area contributed by atoms with E-state index in [2.05, 4.69) is 18.0 Å². The number of epoxide rings is 1. The molecule has 5 atom stereocenters. The highest BCUT2D eigenvalue weighted by Crippen LogP contribution is 2.50. The third-order valence-electron chi connectivity index (χ3n) is 4.85. The lowest BCUT2D eigenvalue weighted by Gasteiger charge is -2.23. The van der Waals surface area contributed by atoms with Gasteiger partial charge in [0.25, 0.3) is 0 Å². The van der Waals surface area contributed by atoms with Crippen molar-refractivity contribution in [2.45, 2.75) is 56.5 Å². The van der Waals surface area contributed by atoms with Gasteiger partial charge in [-0.2, -0.15) is 0 Å². The Morgan fingerprint density at radius 1 is 1.40 bits per heavy atom. The maximum Gasteiger partial charge on any atom is 0.334 e. The maximum atomic E-state index is 11.7. The summed E-state index contributed by atoms with van der Waals surface area (Å²) >= 11 is 0. The molecule has 2 aliphatic heterocycles. The molecule has 0 aromatic heterocycles. The first-order valence-corrected chi connectivity index (χ1v) is 7.02. The fourth-order valence-corrected chi connectivity index (χ4v) is 3.37. The molecule has 5 heteroatoms. The van der Waals surface area contributed by atoms with E-state index in [0.29, 0.717) is 24.8 Å². The van der Waals surface area contributed by atoms with Gasteiger partial charge in [-0.1, -0.05) is 13.2 Å². The van der Waals surface area contributed by atoms with Crippen molar-refractivity contribution in [2.75, 3.05) is 0 Å². The molecule has 0 bridgehead atoms. The highest BCUT2D eigenvalue weighted by Gasteiger charge is 2.61. The van der Waals surface area contributed by atoms with Gasteiger partial charge in [0.1, 0.15) is 18.3 Å².